The van der Waals surface area contributed by atoms with E-state index >= 15 is 0 Å². The first kappa shape index (κ1) is 27.8. The third kappa shape index (κ3) is 6.28. The van der Waals surface area contributed by atoms with Gasteiger partial charge in [-0.1, -0.05) is 44.9 Å². The first-order valence-corrected chi connectivity index (χ1v) is 13.3. The molecule has 0 spiro atoms. The summed E-state index contributed by atoms with van der Waals surface area (Å²) in [6.07, 6.45) is 5.29. The molecule has 1 aliphatic rings. The van der Waals surface area contributed by atoms with Crippen LogP contribution in [0.5, 0.6) is 17.2 Å². The molecule has 0 bridgehead atoms. The van der Waals surface area contributed by atoms with Crippen molar-refractivity contribution in [3.8, 4) is 17.2 Å². The molecule has 1 N–H and O–H groups in total. The van der Waals surface area contributed by atoms with Gasteiger partial charge in [-0.15, -0.1) is 0 Å². The number of carbonyl (C=O) groups is 2. The van der Waals surface area contributed by atoms with E-state index < -0.39 is 17.7 Å². The van der Waals surface area contributed by atoms with Gasteiger partial charge in [-0.3, -0.25) is 9.59 Å². The van der Waals surface area contributed by atoms with Crippen LogP contribution in [0.2, 0.25) is 0 Å². The van der Waals surface area contributed by atoms with Crippen molar-refractivity contribution in [3.63, 3.8) is 0 Å². The van der Waals surface area contributed by atoms with E-state index in [1.807, 2.05) is 0 Å². The van der Waals surface area contributed by atoms with E-state index in [1.54, 1.807) is 54.6 Å². The number of likely N-dealkylation sites (tertiary alicyclic amines) is 1. The fourth-order valence-electron chi connectivity index (χ4n) is 4.48. The van der Waals surface area contributed by atoms with E-state index in [4.69, 9.17) is 18.6 Å². The highest BCUT2D eigenvalue weighted by atomic mass is 16.5. The van der Waals surface area contributed by atoms with E-state index in [9.17, 15) is 14.7 Å². The van der Waals surface area contributed by atoms with Crippen LogP contribution in [0.3, 0.4) is 0 Å². The standard InChI is InChI=1S/C31H35NO7/c1-4-6-15-37-23-11-8-10-22(18-23)29(33)27-28(32(31(35)30(27)34)20-24-12-9-17-38-24)21-13-14-25(26(19-21)36-3)39-16-7-5-2/h8-14,17-19,28,33H,4-7,15-16,20H2,1-3H3/b29-27+. The molecule has 2 heterocycles. The molecule has 2 aromatic carbocycles. The van der Waals surface area contributed by atoms with Crippen LogP contribution < -0.4 is 14.2 Å². The summed E-state index contributed by atoms with van der Waals surface area (Å²) < 4.78 is 22.7. The number of aliphatic hydroxyl groups excluding tert-OH is 1. The van der Waals surface area contributed by atoms with Gasteiger partial charge in [0.25, 0.3) is 11.7 Å². The minimum absolute atomic E-state index is 0.0148. The summed E-state index contributed by atoms with van der Waals surface area (Å²) in [5.74, 6) is 0.347. The van der Waals surface area contributed by atoms with Gasteiger partial charge in [0.05, 0.1) is 44.7 Å². The Bertz CT molecular complexity index is 1310. The first-order chi connectivity index (χ1) is 19.0. The third-order valence-corrected chi connectivity index (χ3v) is 6.58. The highest BCUT2D eigenvalue weighted by Gasteiger charge is 2.46. The molecule has 0 aliphatic carbocycles. The van der Waals surface area contributed by atoms with Crippen molar-refractivity contribution >= 4 is 17.4 Å². The molecule has 1 aromatic heterocycles. The molecule has 3 aromatic rings. The fraction of sp³-hybridized carbons (Fsp3) is 0.355. The second-order valence-electron chi connectivity index (χ2n) is 9.35. The maximum absolute atomic E-state index is 13.4. The third-order valence-electron chi connectivity index (χ3n) is 6.58. The van der Waals surface area contributed by atoms with Gasteiger partial charge in [0.1, 0.15) is 17.3 Å². The van der Waals surface area contributed by atoms with Crippen molar-refractivity contribution in [1.82, 2.24) is 4.90 Å². The Labute approximate surface area is 228 Å². The molecule has 0 saturated carbocycles. The summed E-state index contributed by atoms with van der Waals surface area (Å²) in [7, 11) is 1.54. The monoisotopic (exact) mass is 533 g/mol. The summed E-state index contributed by atoms with van der Waals surface area (Å²) in [6, 6.07) is 14.8. The van der Waals surface area contributed by atoms with Crippen LogP contribution in [0.1, 0.15) is 62.5 Å². The van der Waals surface area contributed by atoms with Gasteiger partial charge in [-0.05, 0) is 54.8 Å². The molecular formula is C31H35NO7. The number of aliphatic hydroxyl groups is 1. The van der Waals surface area contributed by atoms with Crippen molar-refractivity contribution in [2.75, 3.05) is 20.3 Å². The Balaban J connectivity index is 1.78. The SMILES string of the molecule is CCCCOc1cccc(/C(O)=C2\C(=O)C(=O)N(Cc3ccco3)C2c2ccc(OCCCC)c(OC)c2)c1. The molecule has 1 amide bonds. The number of hydrogen-bond acceptors (Lipinski definition) is 7. The Kier molecular flexibility index (Phi) is 9.31. The summed E-state index contributed by atoms with van der Waals surface area (Å²) in [6.45, 7) is 5.29. The van der Waals surface area contributed by atoms with Gasteiger partial charge in [-0.25, -0.2) is 0 Å². The van der Waals surface area contributed by atoms with Crippen LogP contribution in [0.15, 0.2) is 70.9 Å². The smallest absolute Gasteiger partial charge is 0.296 e. The maximum atomic E-state index is 13.4. The van der Waals surface area contributed by atoms with Gasteiger partial charge in [0.15, 0.2) is 11.5 Å². The largest absolute Gasteiger partial charge is 0.507 e. The Morgan fingerprint density at radius 3 is 2.41 bits per heavy atom. The lowest BCUT2D eigenvalue weighted by molar-refractivity contribution is -0.140. The zero-order valence-corrected chi connectivity index (χ0v) is 22.6. The van der Waals surface area contributed by atoms with Gasteiger partial charge in [0, 0.05) is 5.56 Å². The fourth-order valence-corrected chi connectivity index (χ4v) is 4.48. The number of unbranched alkanes of at least 4 members (excludes halogenated alkanes) is 2. The molecule has 206 valence electrons. The summed E-state index contributed by atoms with van der Waals surface area (Å²) in [5, 5.41) is 11.4. The molecule has 4 rings (SSSR count). The summed E-state index contributed by atoms with van der Waals surface area (Å²) >= 11 is 0. The van der Waals surface area contributed by atoms with Gasteiger partial charge in [-0.2, -0.15) is 0 Å². The number of amides is 1. The summed E-state index contributed by atoms with van der Waals surface area (Å²) in [4.78, 5) is 28.1. The zero-order valence-electron chi connectivity index (χ0n) is 22.6. The molecule has 39 heavy (non-hydrogen) atoms. The molecule has 1 fully saturated rings. The maximum Gasteiger partial charge on any atom is 0.296 e. The number of ketones is 1. The highest BCUT2D eigenvalue weighted by Crippen LogP contribution is 2.43. The number of hydrogen-bond donors (Lipinski definition) is 1. The molecule has 0 radical (unpaired) electrons. The Morgan fingerprint density at radius 2 is 1.72 bits per heavy atom. The number of nitrogens with zero attached hydrogens (tertiary/aromatic N) is 1. The number of Topliss-reactive ketones (excluding diaryl/α,β-unsaturated/α-hetero) is 1. The van der Waals surface area contributed by atoms with Crippen LogP contribution >= 0.6 is 0 Å². The second kappa shape index (κ2) is 13.0. The molecule has 1 unspecified atom stereocenters. The van der Waals surface area contributed by atoms with Crippen LogP contribution in [0.4, 0.5) is 0 Å². The number of furan rings is 1. The minimum Gasteiger partial charge on any atom is -0.507 e. The Hall–Kier alpha value is -4.20. The van der Waals surface area contributed by atoms with Crippen molar-refractivity contribution in [2.24, 2.45) is 0 Å². The predicted molar refractivity (Wildman–Crippen MR) is 147 cm³/mol. The highest BCUT2D eigenvalue weighted by molar-refractivity contribution is 6.46. The number of carbonyl (C=O) groups excluding carboxylic acids is 2. The van der Waals surface area contributed by atoms with E-state index in [0.717, 1.165) is 25.7 Å². The van der Waals surface area contributed by atoms with Gasteiger partial charge in [0.2, 0.25) is 0 Å². The average Bonchev–Trinajstić information content (AvgIpc) is 3.56. The average molecular weight is 534 g/mol. The molecule has 1 saturated heterocycles. The Morgan fingerprint density at radius 1 is 0.949 bits per heavy atom. The number of benzene rings is 2. The lowest BCUT2D eigenvalue weighted by Crippen LogP contribution is -2.29. The predicted octanol–water partition coefficient (Wildman–Crippen LogP) is 6.27. The van der Waals surface area contributed by atoms with Crippen LogP contribution in [-0.4, -0.2) is 42.0 Å². The van der Waals surface area contributed by atoms with E-state index in [1.165, 1.54) is 18.3 Å². The summed E-state index contributed by atoms with van der Waals surface area (Å²) in [5.41, 5.74) is 0.966. The van der Waals surface area contributed by atoms with Gasteiger partial charge >= 0.3 is 0 Å². The lowest BCUT2D eigenvalue weighted by Gasteiger charge is -2.25. The molecule has 1 aliphatic heterocycles. The minimum atomic E-state index is -0.877. The number of rotatable bonds is 13. The van der Waals surface area contributed by atoms with E-state index in [0.29, 0.717) is 47.3 Å². The molecule has 8 nitrogen and oxygen atoms in total. The van der Waals surface area contributed by atoms with Crippen molar-refractivity contribution < 1.29 is 33.3 Å². The van der Waals surface area contributed by atoms with E-state index in [-0.39, 0.29) is 17.9 Å². The van der Waals surface area contributed by atoms with Crippen molar-refractivity contribution in [3.05, 3.63) is 83.3 Å². The number of methoxy groups -OCH3 is 1. The zero-order chi connectivity index (χ0) is 27.8. The molecule has 1 atom stereocenters. The van der Waals surface area contributed by atoms with Crippen molar-refractivity contribution in [1.29, 1.82) is 0 Å². The molecular weight excluding hydrogens is 498 g/mol. The first-order valence-electron chi connectivity index (χ1n) is 13.3. The van der Waals surface area contributed by atoms with E-state index in [2.05, 4.69) is 13.8 Å². The molecule has 8 heteroatoms. The van der Waals surface area contributed by atoms with Crippen LogP contribution in [0.25, 0.3) is 5.76 Å². The van der Waals surface area contributed by atoms with Gasteiger partial charge < -0.3 is 28.6 Å². The van der Waals surface area contributed by atoms with Crippen LogP contribution in [0, 0.1) is 0 Å². The van der Waals surface area contributed by atoms with Crippen LogP contribution in [-0.2, 0) is 16.1 Å². The lowest BCUT2D eigenvalue weighted by atomic mass is 9.95. The quantitative estimate of drug-likeness (QED) is 0.120. The normalized spacial score (nSPS) is 16.5. The topological polar surface area (TPSA) is 98.4 Å². The second-order valence-corrected chi connectivity index (χ2v) is 9.35. The number of ether oxygens (including phenoxy) is 3. The van der Waals surface area contributed by atoms with Crippen molar-refractivity contribution in [2.45, 2.75) is 52.1 Å².